The van der Waals surface area contributed by atoms with E-state index in [0.29, 0.717) is 5.69 Å². The molecule has 0 aliphatic carbocycles. The third kappa shape index (κ3) is 5.09. The molecule has 0 unspecified atom stereocenters. The summed E-state index contributed by atoms with van der Waals surface area (Å²) < 4.78 is 0. The Morgan fingerprint density at radius 1 is 0.950 bits per heavy atom. The molecule has 3 amide bonds. The van der Waals surface area contributed by atoms with Crippen LogP contribution >= 0.6 is 0 Å². The Morgan fingerprint density at radius 3 is 2.20 bits per heavy atom. The van der Waals surface area contributed by atoms with Crippen LogP contribution in [0.15, 0.2) is 18.2 Å². The molecule has 0 fully saturated rings. The van der Waals surface area contributed by atoms with Gasteiger partial charge in [-0.1, -0.05) is 6.07 Å². The van der Waals surface area contributed by atoms with Gasteiger partial charge < -0.3 is 16.0 Å². The predicted octanol–water partition coefficient (Wildman–Crippen LogP) is 0.494. The first-order chi connectivity index (χ1) is 9.40. The van der Waals surface area contributed by atoms with Crippen LogP contribution in [0.1, 0.15) is 18.1 Å². The van der Waals surface area contributed by atoms with E-state index in [2.05, 4.69) is 16.0 Å². The molecule has 1 rings (SSSR count). The molecule has 0 spiro atoms. The summed E-state index contributed by atoms with van der Waals surface area (Å²) in [4.78, 5) is 33.8. The lowest BCUT2D eigenvalue weighted by Gasteiger charge is -2.08. The zero-order valence-electron chi connectivity index (χ0n) is 11.9. The SMILES string of the molecule is CC(=O)NCCNC(=O)C(=O)Nc1ccc(C)c(C)c1. The van der Waals surface area contributed by atoms with Gasteiger partial charge in [0.2, 0.25) is 5.91 Å². The largest absolute Gasteiger partial charge is 0.355 e. The van der Waals surface area contributed by atoms with Crippen LogP contribution in [0, 0.1) is 13.8 Å². The lowest BCUT2D eigenvalue weighted by Crippen LogP contribution is -2.39. The van der Waals surface area contributed by atoms with Crippen LogP contribution in [0.3, 0.4) is 0 Å². The Kier molecular flexibility index (Phi) is 5.71. The number of aryl methyl sites for hydroxylation is 2. The van der Waals surface area contributed by atoms with Crippen molar-refractivity contribution in [3.63, 3.8) is 0 Å². The highest BCUT2D eigenvalue weighted by molar-refractivity contribution is 6.39. The number of hydrogen-bond donors (Lipinski definition) is 3. The Labute approximate surface area is 117 Å². The number of nitrogens with one attached hydrogen (secondary N) is 3. The highest BCUT2D eigenvalue weighted by Crippen LogP contribution is 2.13. The van der Waals surface area contributed by atoms with Crippen LogP contribution < -0.4 is 16.0 Å². The molecule has 6 nitrogen and oxygen atoms in total. The average Bonchev–Trinajstić information content (AvgIpc) is 2.38. The molecule has 0 saturated carbocycles. The number of anilines is 1. The van der Waals surface area contributed by atoms with Crippen LogP contribution in [0.2, 0.25) is 0 Å². The lowest BCUT2D eigenvalue weighted by atomic mass is 10.1. The third-order valence-electron chi connectivity index (χ3n) is 2.76. The monoisotopic (exact) mass is 277 g/mol. The fraction of sp³-hybridized carbons (Fsp3) is 0.357. The van der Waals surface area contributed by atoms with Crippen molar-refractivity contribution in [2.24, 2.45) is 0 Å². The molecule has 6 heteroatoms. The number of carbonyl (C=O) groups is 3. The summed E-state index contributed by atoms with van der Waals surface area (Å²) in [5.74, 6) is -1.64. The summed E-state index contributed by atoms with van der Waals surface area (Å²) in [6, 6.07) is 5.42. The fourth-order valence-electron chi connectivity index (χ4n) is 1.50. The zero-order chi connectivity index (χ0) is 15.1. The molecule has 1 aromatic rings. The molecule has 0 bridgehead atoms. The van der Waals surface area contributed by atoms with Crippen molar-refractivity contribution in [3.8, 4) is 0 Å². The van der Waals surface area contributed by atoms with Crippen molar-refractivity contribution in [3.05, 3.63) is 29.3 Å². The summed E-state index contributed by atoms with van der Waals surface area (Å²) in [5.41, 5.74) is 2.73. The molecule has 0 aliphatic heterocycles. The predicted molar refractivity (Wildman–Crippen MR) is 76.2 cm³/mol. The maximum Gasteiger partial charge on any atom is 0.313 e. The first-order valence-corrected chi connectivity index (χ1v) is 6.31. The maximum atomic E-state index is 11.6. The van der Waals surface area contributed by atoms with Crippen LogP contribution in [0.4, 0.5) is 5.69 Å². The molecule has 0 radical (unpaired) electrons. The van der Waals surface area contributed by atoms with Gasteiger partial charge in [0, 0.05) is 25.7 Å². The van der Waals surface area contributed by atoms with Crippen LogP contribution in [0.5, 0.6) is 0 Å². The molecule has 108 valence electrons. The van der Waals surface area contributed by atoms with Crippen molar-refractivity contribution in [1.82, 2.24) is 10.6 Å². The number of rotatable bonds is 4. The van der Waals surface area contributed by atoms with Gasteiger partial charge >= 0.3 is 11.8 Å². The van der Waals surface area contributed by atoms with Crippen molar-refractivity contribution in [1.29, 1.82) is 0 Å². The van der Waals surface area contributed by atoms with E-state index in [1.165, 1.54) is 6.92 Å². The van der Waals surface area contributed by atoms with E-state index in [-0.39, 0.29) is 19.0 Å². The van der Waals surface area contributed by atoms with Gasteiger partial charge in [0.25, 0.3) is 0 Å². The van der Waals surface area contributed by atoms with Gasteiger partial charge in [0.05, 0.1) is 0 Å². The van der Waals surface area contributed by atoms with Gasteiger partial charge in [-0.05, 0) is 37.1 Å². The Balaban J connectivity index is 2.43. The number of amides is 3. The quantitative estimate of drug-likeness (QED) is 0.553. The first-order valence-electron chi connectivity index (χ1n) is 6.31. The minimum absolute atomic E-state index is 0.182. The number of hydrogen-bond acceptors (Lipinski definition) is 3. The number of carbonyl (C=O) groups excluding carboxylic acids is 3. The van der Waals surface area contributed by atoms with Gasteiger partial charge in [-0.2, -0.15) is 0 Å². The molecule has 0 aliphatic rings. The normalized spacial score (nSPS) is 9.75. The molecule has 20 heavy (non-hydrogen) atoms. The van der Waals surface area contributed by atoms with E-state index in [1.807, 2.05) is 19.9 Å². The highest BCUT2D eigenvalue weighted by atomic mass is 16.2. The molecule has 0 aromatic heterocycles. The molecule has 0 saturated heterocycles. The van der Waals surface area contributed by atoms with Crippen molar-refractivity contribution < 1.29 is 14.4 Å². The molecule has 0 heterocycles. The fourth-order valence-corrected chi connectivity index (χ4v) is 1.50. The van der Waals surface area contributed by atoms with Gasteiger partial charge in [0.1, 0.15) is 0 Å². The van der Waals surface area contributed by atoms with Crippen molar-refractivity contribution >= 4 is 23.4 Å². The highest BCUT2D eigenvalue weighted by Gasteiger charge is 2.13. The number of benzene rings is 1. The van der Waals surface area contributed by atoms with E-state index in [4.69, 9.17) is 0 Å². The van der Waals surface area contributed by atoms with Gasteiger partial charge in [-0.15, -0.1) is 0 Å². The average molecular weight is 277 g/mol. The van der Waals surface area contributed by atoms with E-state index in [9.17, 15) is 14.4 Å². The van der Waals surface area contributed by atoms with Crippen LogP contribution in [-0.4, -0.2) is 30.8 Å². The topological polar surface area (TPSA) is 87.3 Å². The Morgan fingerprint density at radius 2 is 1.60 bits per heavy atom. The summed E-state index contributed by atoms with van der Waals surface area (Å²) >= 11 is 0. The van der Waals surface area contributed by atoms with Crippen molar-refractivity contribution in [2.75, 3.05) is 18.4 Å². The summed E-state index contributed by atoms with van der Waals surface area (Å²) in [5, 5.41) is 7.46. The van der Waals surface area contributed by atoms with Crippen LogP contribution in [0.25, 0.3) is 0 Å². The van der Waals surface area contributed by atoms with E-state index >= 15 is 0 Å². The van der Waals surface area contributed by atoms with Gasteiger partial charge in [0.15, 0.2) is 0 Å². The molecular formula is C14H19N3O3. The molecule has 3 N–H and O–H groups in total. The van der Waals surface area contributed by atoms with E-state index in [0.717, 1.165) is 11.1 Å². The zero-order valence-corrected chi connectivity index (χ0v) is 11.9. The second kappa shape index (κ2) is 7.28. The van der Waals surface area contributed by atoms with Crippen LogP contribution in [-0.2, 0) is 14.4 Å². The van der Waals surface area contributed by atoms with Crippen molar-refractivity contribution in [2.45, 2.75) is 20.8 Å². The second-order valence-electron chi connectivity index (χ2n) is 4.49. The minimum Gasteiger partial charge on any atom is -0.355 e. The first kappa shape index (κ1) is 15.7. The molecule has 1 aromatic carbocycles. The lowest BCUT2D eigenvalue weighted by molar-refractivity contribution is -0.136. The van der Waals surface area contributed by atoms with Gasteiger partial charge in [-0.25, -0.2) is 0 Å². The summed E-state index contributed by atoms with van der Waals surface area (Å²) in [7, 11) is 0. The standard InChI is InChI=1S/C14H19N3O3/c1-9-4-5-12(8-10(9)2)17-14(20)13(19)16-7-6-15-11(3)18/h4-5,8H,6-7H2,1-3H3,(H,15,18)(H,16,19)(H,17,20). The minimum atomic E-state index is -0.728. The van der Waals surface area contributed by atoms with Gasteiger partial charge in [-0.3, -0.25) is 14.4 Å². The smallest absolute Gasteiger partial charge is 0.313 e. The maximum absolute atomic E-state index is 11.6. The Bertz CT molecular complexity index is 526. The van der Waals surface area contributed by atoms with E-state index in [1.54, 1.807) is 12.1 Å². The third-order valence-corrected chi connectivity index (χ3v) is 2.76. The van der Waals surface area contributed by atoms with E-state index < -0.39 is 11.8 Å². The molecule has 0 atom stereocenters. The molecular weight excluding hydrogens is 258 g/mol. The second-order valence-corrected chi connectivity index (χ2v) is 4.49. The summed E-state index contributed by atoms with van der Waals surface area (Å²) in [6.45, 7) is 5.78. The summed E-state index contributed by atoms with van der Waals surface area (Å²) in [6.07, 6.45) is 0. The Hall–Kier alpha value is -2.37.